The van der Waals surface area contributed by atoms with Crippen molar-refractivity contribution in [2.75, 3.05) is 6.61 Å². The van der Waals surface area contributed by atoms with E-state index in [-0.39, 0.29) is 12.7 Å². The van der Waals surface area contributed by atoms with E-state index in [1.165, 1.54) is 5.57 Å². The van der Waals surface area contributed by atoms with Crippen molar-refractivity contribution in [2.45, 2.75) is 59.0 Å². The zero-order chi connectivity index (χ0) is 12.4. The summed E-state index contributed by atoms with van der Waals surface area (Å²) in [5, 5.41) is 18.5. The molecule has 0 amide bonds. The lowest BCUT2D eigenvalue weighted by Crippen LogP contribution is -2.07. The predicted molar refractivity (Wildman–Crippen MR) is 69.4 cm³/mol. The Bertz CT molecular complexity index is 229. The standard InChI is InChI=1S/C14H26O2/c1-4-5-9-14(16)13(3)8-6-7-12(2)10-11-15/h8,10,14-16H,4-7,9,11H2,1-3H3/b12-10+,13-8+. The minimum atomic E-state index is -0.276. The van der Waals surface area contributed by atoms with Crippen LogP contribution in [0.4, 0.5) is 0 Å². The van der Waals surface area contributed by atoms with Gasteiger partial charge in [0.25, 0.3) is 0 Å². The van der Waals surface area contributed by atoms with Crippen LogP contribution < -0.4 is 0 Å². The Balaban J connectivity index is 3.89. The molecule has 0 aromatic carbocycles. The molecule has 16 heavy (non-hydrogen) atoms. The average molecular weight is 226 g/mol. The van der Waals surface area contributed by atoms with E-state index < -0.39 is 0 Å². The molecule has 1 atom stereocenters. The van der Waals surface area contributed by atoms with Crippen molar-refractivity contribution < 1.29 is 10.2 Å². The highest BCUT2D eigenvalue weighted by atomic mass is 16.3. The largest absolute Gasteiger partial charge is 0.392 e. The van der Waals surface area contributed by atoms with E-state index in [9.17, 15) is 5.11 Å². The van der Waals surface area contributed by atoms with Gasteiger partial charge in [0, 0.05) is 0 Å². The molecule has 0 saturated carbocycles. The molecule has 1 unspecified atom stereocenters. The van der Waals surface area contributed by atoms with Gasteiger partial charge >= 0.3 is 0 Å². The summed E-state index contributed by atoms with van der Waals surface area (Å²) in [4.78, 5) is 0. The lowest BCUT2D eigenvalue weighted by atomic mass is 10.0. The Morgan fingerprint density at radius 2 is 1.94 bits per heavy atom. The van der Waals surface area contributed by atoms with Gasteiger partial charge in [0.15, 0.2) is 0 Å². The van der Waals surface area contributed by atoms with Crippen molar-refractivity contribution in [1.82, 2.24) is 0 Å². The molecule has 0 saturated heterocycles. The van der Waals surface area contributed by atoms with Gasteiger partial charge in [-0.05, 0) is 38.7 Å². The Hall–Kier alpha value is -0.600. The van der Waals surface area contributed by atoms with Crippen LogP contribution in [-0.2, 0) is 0 Å². The molecule has 0 aromatic rings. The Kier molecular flexibility index (Phi) is 9.25. The average Bonchev–Trinajstić information content (AvgIpc) is 2.26. The first kappa shape index (κ1) is 15.4. The van der Waals surface area contributed by atoms with E-state index in [0.717, 1.165) is 37.7 Å². The normalized spacial score (nSPS) is 15.3. The summed E-state index contributed by atoms with van der Waals surface area (Å²) < 4.78 is 0. The number of aliphatic hydroxyl groups excluding tert-OH is 2. The van der Waals surface area contributed by atoms with Crippen molar-refractivity contribution >= 4 is 0 Å². The third-order valence-electron chi connectivity index (χ3n) is 2.80. The van der Waals surface area contributed by atoms with Gasteiger partial charge in [-0.25, -0.2) is 0 Å². The van der Waals surface area contributed by atoms with Crippen LogP contribution in [0.15, 0.2) is 23.3 Å². The summed E-state index contributed by atoms with van der Waals surface area (Å²) in [6.07, 6.45) is 8.63. The Labute approximate surface area is 99.7 Å². The first-order chi connectivity index (χ1) is 7.61. The molecule has 2 nitrogen and oxygen atoms in total. The van der Waals surface area contributed by atoms with Crippen molar-refractivity contribution in [3.63, 3.8) is 0 Å². The van der Waals surface area contributed by atoms with Gasteiger partial charge < -0.3 is 10.2 Å². The summed E-state index contributed by atoms with van der Waals surface area (Å²) in [5.74, 6) is 0. The molecule has 0 rings (SSSR count). The molecule has 2 heteroatoms. The van der Waals surface area contributed by atoms with Crippen LogP contribution in [0.2, 0.25) is 0 Å². The van der Waals surface area contributed by atoms with Gasteiger partial charge in [0.05, 0.1) is 12.7 Å². The van der Waals surface area contributed by atoms with Gasteiger partial charge in [-0.2, -0.15) is 0 Å². The van der Waals surface area contributed by atoms with E-state index in [0.29, 0.717) is 0 Å². The molecular weight excluding hydrogens is 200 g/mol. The zero-order valence-electron chi connectivity index (χ0n) is 10.9. The number of hydrogen-bond acceptors (Lipinski definition) is 2. The second kappa shape index (κ2) is 9.61. The highest BCUT2D eigenvalue weighted by Crippen LogP contribution is 2.12. The third kappa shape index (κ3) is 7.66. The summed E-state index contributed by atoms with van der Waals surface area (Å²) >= 11 is 0. The zero-order valence-corrected chi connectivity index (χ0v) is 10.9. The van der Waals surface area contributed by atoms with E-state index in [1.807, 2.05) is 19.9 Å². The van der Waals surface area contributed by atoms with E-state index in [2.05, 4.69) is 13.0 Å². The molecule has 0 aromatic heterocycles. The minimum Gasteiger partial charge on any atom is -0.392 e. The fourth-order valence-corrected chi connectivity index (χ4v) is 1.55. The van der Waals surface area contributed by atoms with Gasteiger partial charge in [-0.15, -0.1) is 0 Å². The van der Waals surface area contributed by atoms with Gasteiger partial charge in [0.1, 0.15) is 0 Å². The maximum absolute atomic E-state index is 9.79. The molecule has 0 aliphatic rings. The molecule has 94 valence electrons. The molecule has 0 aliphatic carbocycles. The molecule has 0 fully saturated rings. The Morgan fingerprint density at radius 1 is 1.25 bits per heavy atom. The summed E-state index contributed by atoms with van der Waals surface area (Å²) in [5.41, 5.74) is 2.28. The SMILES string of the molecule is CCCCC(O)/C(C)=C/CC/C(C)=C/CO. The van der Waals surface area contributed by atoms with Crippen LogP contribution in [-0.4, -0.2) is 22.9 Å². The van der Waals surface area contributed by atoms with Crippen LogP contribution in [0.5, 0.6) is 0 Å². The second-order valence-corrected chi connectivity index (χ2v) is 4.38. The van der Waals surface area contributed by atoms with Crippen molar-refractivity contribution in [2.24, 2.45) is 0 Å². The smallest absolute Gasteiger partial charge is 0.0747 e. The number of unbranched alkanes of at least 4 members (excludes halogenated alkanes) is 1. The van der Waals surface area contributed by atoms with E-state index in [1.54, 1.807) is 0 Å². The highest BCUT2D eigenvalue weighted by molar-refractivity contribution is 5.07. The van der Waals surface area contributed by atoms with Crippen molar-refractivity contribution in [1.29, 1.82) is 0 Å². The van der Waals surface area contributed by atoms with Crippen LogP contribution in [0.25, 0.3) is 0 Å². The molecule has 0 heterocycles. The summed E-state index contributed by atoms with van der Waals surface area (Å²) in [7, 11) is 0. The highest BCUT2D eigenvalue weighted by Gasteiger charge is 2.04. The maximum atomic E-state index is 9.79. The molecule has 0 aliphatic heterocycles. The van der Waals surface area contributed by atoms with Gasteiger partial charge in [-0.3, -0.25) is 0 Å². The predicted octanol–water partition coefficient (Wildman–Crippen LogP) is 3.20. The van der Waals surface area contributed by atoms with Gasteiger partial charge in [-0.1, -0.05) is 37.5 Å². The van der Waals surface area contributed by atoms with E-state index >= 15 is 0 Å². The van der Waals surface area contributed by atoms with E-state index in [4.69, 9.17) is 5.11 Å². The lowest BCUT2D eigenvalue weighted by Gasteiger charge is -2.10. The summed E-state index contributed by atoms with van der Waals surface area (Å²) in [6.45, 7) is 6.26. The molecule has 0 bridgehead atoms. The number of hydrogen-bond donors (Lipinski definition) is 2. The van der Waals surface area contributed by atoms with Crippen LogP contribution in [0.1, 0.15) is 52.9 Å². The number of rotatable bonds is 8. The first-order valence-electron chi connectivity index (χ1n) is 6.23. The maximum Gasteiger partial charge on any atom is 0.0747 e. The topological polar surface area (TPSA) is 40.5 Å². The fraction of sp³-hybridized carbons (Fsp3) is 0.714. The third-order valence-corrected chi connectivity index (χ3v) is 2.80. The lowest BCUT2D eigenvalue weighted by molar-refractivity contribution is 0.196. The Morgan fingerprint density at radius 3 is 2.50 bits per heavy atom. The summed E-state index contributed by atoms with van der Waals surface area (Å²) in [6, 6.07) is 0. The number of allylic oxidation sites excluding steroid dienone is 2. The quantitative estimate of drug-likeness (QED) is 0.624. The molecule has 2 N–H and O–H groups in total. The fourth-order valence-electron chi connectivity index (χ4n) is 1.55. The van der Waals surface area contributed by atoms with Crippen molar-refractivity contribution in [3.8, 4) is 0 Å². The van der Waals surface area contributed by atoms with Crippen LogP contribution in [0.3, 0.4) is 0 Å². The van der Waals surface area contributed by atoms with Gasteiger partial charge in [0.2, 0.25) is 0 Å². The second-order valence-electron chi connectivity index (χ2n) is 4.38. The van der Waals surface area contributed by atoms with Crippen LogP contribution >= 0.6 is 0 Å². The van der Waals surface area contributed by atoms with Crippen LogP contribution in [0, 0.1) is 0 Å². The molecule has 0 spiro atoms. The molecule has 0 radical (unpaired) electrons. The number of aliphatic hydroxyl groups is 2. The monoisotopic (exact) mass is 226 g/mol. The first-order valence-corrected chi connectivity index (χ1v) is 6.23. The van der Waals surface area contributed by atoms with Crippen molar-refractivity contribution in [3.05, 3.63) is 23.3 Å². The minimum absolute atomic E-state index is 0.119. The molecular formula is C14H26O2.